The van der Waals surface area contributed by atoms with Gasteiger partial charge in [0.1, 0.15) is 0 Å². The third-order valence-electron chi connectivity index (χ3n) is 4.14. The Morgan fingerprint density at radius 2 is 2.12 bits per heavy atom. The number of nitro groups is 1. The number of carbonyl (C=O) groups excluding carboxylic acids is 2. The number of piperidine rings is 1. The normalized spacial score (nSPS) is 17.1. The first-order chi connectivity index (χ1) is 12.0. The van der Waals surface area contributed by atoms with E-state index in [1.165, 1.54) is 24.5 Å². The van der Waals surface area contributed by atoms with Crippen molar-refractivity contribution in [3.05, 3.63) is 58.5 Å². The van der Waals surface area contributed by atoms with Crippen LogP contribution in [0.25, 0.3) is 0 Å². The largest absolute Gasteiger partial charge is 0.459 e. The van der Waals surface area contributed by atoms with Gasteiger partial charge >= 0.3 is 0 Å². The molecule has 1 aliphatic heterocycles. The standard InChI is InChI=1S/C17H17N3O5/c21-16(18-13-5-1-6-14(10-13)20(23)24)12-4-2-8-19(11-12)17(22)15-7-3-9-25-15/h1,3,5-7,9-10,12H,2,4,8,11H2,(H,18,21). The molecule has 1 atom stereocenters. The van der Waals surface area contributed by atoms with Crippen LogP contribution in [-0.4, -0.2) is 34.7 Å². The van der Waals surface area contributed by atoms with Crippen molar-refractivity contribution >= 4 is 23.2 Å². The third kappa shape index (κ3) is 3.85. The zero-order chi connectivity index (χ0) is 17.8. The third-order valence-corrected chi connectivity index (χ3v) is 4.14. The van der Waals surface area contributed by atoms with E-state index in [1.54, 1.807) is 23.1 Å². The molecule has 1 aromatic heterocycles. The van der Waals surface area contributed by atoms with Gasteiger partial charge in [-0.3, -0.25) is 19.7 Å². The number of hydrogen-bond acceptors (Lipinski definition) is 5. The van der Waals surface area contributed by atoms with Crippen LogP contribution in [-0.2, 0) is 4.79 Å². The lowest BCUT2D eigenvalue weighted by molar-refractivity contribution is -0.384. The molecule has 0 spiro atoms. The predicted octanol–water partition coefficient (Wildman–Crippen LogP) is 2.68. The van der Waals surface area contributed by atoms with Crippen molar-refractivity contribution in [2.45, 2.75) is 12.8 Å². The summed E-state index contributed by atoms with van der Waals surface area (Å²) < 4.78 is 5.12. The average molecular weight is 343 g/mol. The number of amides is 2. The molecule has 1 unspecified atom stereocenters. The maximum atomic E-state index is 12.5. The molecule has 2 amide bonds. The summed E-state index contributed by atoms with van der Waals surface area (Å²) in [6.07, 6.45) is 2.80. The van der Waals surface area contributed by atoms with Crippen LogP contribution in [0.3, 0.4) is 0 Å². The molecule has 130 valence electrons. The van der Waals surface area contributed by atoms with Crippen molar-refractivity contribution in [3.63, 3.8) is 0 Å². The van der Waals surface area contributed by atoms with E-state index in [0.29, 0.717) is 31.6 Å². The van der Waals surface area contributed by atoms with Gasteiger partial charge in [-0.2, -0.15) is 0 Å². The molecule has 1 N–H and O–H groups in total. The number of carbonyl (C=O) groups is 2. The number of rotatable bonds is 4. The minimum absolute atomic E-state index is 0.0870. The van der Waals surface area contributed by atoms with Crippen molar-refractivity contribution in [1.29, 1.82) is 0 Å². The lowest BCUT2D eigenvalue weighted by Crippen LogP contribution is -2.43. The fraction of sp³-hybridized carbons (Fsp3) is 0.294. The number of benzene rings is 1. The van der Waals surface area contributed by atoms with Crippen LogP contribution in [0.2, 0.25) is 0 Å². The fourth-order valence-corrected chi connectivity index (χ4v) is 2.87. The Bertz CT molecular complexity index is 787. The summed E-state index contributed by atoms with van der Waals surface area (Å²) in [5, 5.41) is 13.5. The van der Waals surface area contributed by atoms with Gasteiger partial charge in [0.25, 0.3) is 11.6 Å². The highest BCUT2D eigenvalue weighted by Crippen LogP contribution is 2.22. The van der Waals surface area contributed by atoms with Crippen LogP contribution in [0.1, 0.15) is 23.4 Å². The molecule has 1 aliphatic rings. The number of likely N-dealkylation sites (tertiary alicyclic amines) is 1. The highest BCUT2D eigenvalue weighted by molar-refractivity contribution is 5.95. The van der Waals surface area contributed by atoms with E-state index < -0.39 is 4.92 Å². The SMILES string of the molecule is O=C(Nc1cccc([N+](=O)[O-])c1)C1CCCN(C(=O)c2ccco2)C1. The quantitative estimate of drug-likeness (QED) is 0.678. The molecular weight excluding hydrogens is 326 g/mol. The maximum Gasteiger partial charge on any atom is 0.289 e. The van der Waals surface area contributed by atoms with Crippen molar-refractivity contribution in [2.75, 3.05) is 18.4 Å². The van der Waals surface area contributed by atoms with Gasteiger partial charge in [0.15, 0.2) is 5.76 Å². The van der Waals surface area contributed by atoms with E-state index in [0.717, 1.165) is 0 Å². The highest BCUT2D eigenvalue weighted by Gasteiger charge is 2.30. The molecule has 2 heterocycles. The zero-order valence-electron chi connectivity index (χ0n) is 13.4. The Hall–Kier alpha value is -3.16. The molecule has 2 aromatic rings. The second kappa shape index (κ2) is 7.16. The Balaban J connectivity index is 1.65. The molecule has 3 rings (SSSR count). The van der Waals surface area contributed by atoms with E-state index in [-0.39, 0.29) is 29.2 Å². The lowest BCUT2D eigenvalue weighted by atomic mass is 9.96. The number of nitro benzene ring substituents is 1. The van der Waals surface area contributed by atoms with E-state index in [4.69, 9.17) is 4.42 Å². The number of non-ortho nitro benzene ring substituents is 1. The summed E-state index contributed by atoms with van der Waals surface area (Å²) in [7, 11) is 0. The molecule has 1 aromatic carbocycles. The van der Waals surface area contributed by atoms with Crippen LogP contribution in [0.5, 0.6) is 0 Å². The molecule has 25 heavy (non-hydrogen) atoms. The molecule has 8 heteroatoms. The van der Waals surface area contributed by atoms with E-state index in [1.807, 2.05) is 0 Å². The molecule has 0 aliphatic carbocycles. The van der Waals surface area contributed by atoms with Crippen molar-refractivity contribution in [3.8, 4) is 0 Å². The summed E-state index contributed by atoms with van der Waals surface area (Å²) in [6.45, 7) is 0.862. The van der Waals surface area contributed by atoms with Gasteiger partial charge in [-0.1, -0.05) is 6.07 Å². The van der Waals surface area contributed by atoms with Gasteiger partial charge in [-0.05, 0) is 31.0 Å². The number of nitrogens with one attached hydrogen (secondary N) is 1. The molecule has 1 fully saturated rings. The van der Waals surface area contributed by atoms with E-state index >= 15 is 0 Å². The van der Waals surface area contributed by atoms with Gasteiger partial charge in [0.2, 0.25) is 5.91 Å². The molecule has 1 saturated heterocycles. The summed E-state index contributed by atoms with van der Waals surface area (Å²) in [5.74, 6) is -0.609. The van der Waals surface area contributed by atoms with E-state index in [9.17, 15) is 19.7 Å². The molecule has 0 saturated carbocycles. The monoisotopic (exact) mass is 343 g/mol. The Morgan fingerprint density at radius 3 is 2.84 bits per heavy atom. The number of nitrogens with zero attached hydrogens (tertiary/aromatic N) is 2. The Labute approximate surface area is 143 Å². The van der Waals surface area contributed by atoms with Gasteiger partial charge < -0.3 is 14.6 Å². The first-order valence-electron chi connectivity index (χ1n) is 7.92. The first-order valence-corrected chi connectivity index (χ1v) is 7.92. The zero-order valence-corrected chi connectivity index (χ0v) is 13.4. The van der Waals surface area contributed by atoms with Crippen molar-refractivity contribution in [2.24, 2.45) is 5.92 Å². The summed E-state index contributed by atoms with van der Waals surface area (Å²) in [6, 6.07) is 9.02. The maximum absolute atomic E-state index is 12.5. The molecule has 8 nitrogen and oxygen atoms in total. The van der Waals surface area contributed by atoms with E-state index in [2.05, 4.69) is 5.32 Å². The van der Waals surface area contributed by atoms with Gasteiger partial charge in [0, 0.05) is 30.9 Å². The molecular formula is C17H17N3O5. The topological polar surface area (TPSA) is 106 Å². The molecule has 0 radical (unpaired) electrons. The van der Waals surface area contributed by atoms with Crippen molar-refractivity contribution in [1.82, 2.24) is 4.90 Å². The molecule has 0 bridgehead atoms. The van der Waals surface area contributed by atoms with Gasteiger partial charge in [-0.15, -0.1) is 0 Å². The van der Waals surface area contributed by atoms with Gasteiger partial charge in [-0.25, -0.2) is 0 Å². The number of anilines is 1. The van der Waals surface area contributed by atoms with Crippen LogP contribution in [0.15, 0.2) is 47.1 Å². The minimum atomic E-state index is -0.514. The van der Waals surface area contributed by atoms with Crippen LogP contribution in [0, 0.1) is 16.0 Å². The Morgan fingerprint density at radius 1 is 1.28 bits per heavy atom. The number of furan rings is 1. The second-order valence-corrected chi connectivity index (χ2v) is 5.86. The minimum Gasteiger partial charge on any atom is -0.459 e. The second-order valence-electron chi connectivity index (χ2n) is 5.86. The lowest BCUT2D eigenvalue weighted by Gasteiger charge is -2.31. The predicted molar refractivity (Wildman–Crippen MR) is 89.1 cm³/mol. The van der Waals surface area contributed by atoms with Crippen molar-refractivity contribution < 1.29 is 18.9 Å². The van der Waals surface area contributed by atoms with Crippen LogP contribution in [0.4, 0.5) is 11.4 Å². The van der Waals surface area contributed by atoms with Crippen LogP contribution >= 0.6 is 0 Å². The fourth-order valence-electron chi connectivity index (χ4n) is 2.87. The summed E-state index contributed by atoms with van der Waals surface area (Å²) in [4.78, 5) is 36.7. The summed E-state index contributed by atoms with van der Waals surface area (Å²) in [5.41, 5.74) is 0.282. The summed E-state index contributed by atoms with van der Waals surface area (Å²) >= 11 is 0. The first kappa shape index (κ1) is 16.7. The smallest absolute Gasteiger partial charge is 0.289 e. The highest BCUT2D eigenvalue weighted by atomic mass is 16.6. The van der Waals surface area contributed by atoms with Gasteiger partial charge in [0.05, 0.1) is 17.1 Å². The Kier molecular flexibility index (Phi) is 4.78. The number of hydrogen-bond donors (Lipinski definition) is 1. The average Bonchev–Trinajstić information content (AvgIpc) is 3.16. The van der Waals surface area contributed by atoms with Crippen LogP contribution < -0.4 is 5.32 Å².